The number of hydrogen-bond donors (Lipinski definition) is 0. The Labute approximate surface area is 390 Å². The third-order valence-corrected chi connectivity index (χ3v) is 12.9. The van der Waals surface area contributed by atoms with E-state index in [0.29, 0.717) is 50.3 Å². The largest absolute Gasteiger partial charge is 0.456 e. The first-order valence-corrected chi connectivity index (χ1v) is 21.2. The number of rotatable bonds is 6. The monoisotopic (exact) mass is 823 g/mol. The lowest BCUT2D eigenvalue weighted by Crippen LogP contribution is -2.50. The molecule has 0 saturated heterocycles. The van der Waals surface area contributed by atoms with Crippen molar-refractivity contribution < 1.29 is 13.3 Å². The second kappa shape index (κ2) is 15.1. The highest BCUT2D eigenvalue weighted by molar-refractivity contribution is 6.66. The van der Waals surface area contributed by atoms with Crippen molar-refractivity contribution in [2.75, 3.05) is 4.90 Å². The molecule has 3 heterocycles. The van der Waals surface area contributed by atoms with Crippen molar-refractivity contribution in [3.05, 3.63) is 152 Å². The average Bonchev–Trinajstić information content (AvgIpc) is 4.04. The van der Waals surface area contributed by atoms with Crippen LogP contribution in [0.3, 0.4) is 0 Å². The lowest BCUT2D eigenvalue weighted by molar-refractivity contribution is 0.668. The number of anilines is 3. The lowest BCUT2D eigenvalue weighted by Gasteiger charge is -2.37. The van der Waals surface area contributed by atoms with E-state index in [1.54, 1.807) is 4.90 Å². The molecular weight excluding hydrogens is 797 g/mol. The van der Waals surface area contributed by atoms with E-state index in [2.05, 4.69) is 12.1 Å². The number of para-hydroxylation sites is 3. The van der Waals surface area contributed by atoms with Gasteiger partial charge in [0.2, 0.25) is 0 Å². The summed E-state index contributed by atoms with van der Waals surface area (Å²) in [5, 5.41) is 5.40. The number of benzene rings is 9. The molecular formula is C54H25B8NO3. The zero-order chi connectivity index (χ0) is 45.1. The van der Waals surface area contributed by atoms with E-state index in [9.17, 15) is 0 Å². The van der Waals surface area contributed by atoms with Crippen LogP contribution < -0.4 is 48.6 Å². The van der Waals surface area contributed by atoms with Crippen LogP contribution in [-0.2, 0) is 0 Å². The van der Waals surface area contributed by atoms with Crippen molar-refractivity contribution in [3.63, 3.8) is 0 Å². The Morgan fingerprint density at radius 2 is 0.606 bits per heavy atom. The molecule has 0 fully saturated rings. The molecule has 4 nitrogen and oxygen atoms in total. The van der Waals surface area contributed by atoms with Crippen molar-refractivity contribution in [1.82, 2.24) is 0 Å². The zero-order valence-electron chi connectivity index (χ0n) is 35.2. The average molecular weight is 822 g/mol. The van der Waals surface area contributed by atoms with E-state index in [0.717, 1.165) is 54.6 Å². The fourth-order valence-corrected chi connectivity index (χ4v) is 9.83. The number of nitrogens with zero attached hydrogens (tertiary/aromatic N) is 1. The van der Waals surface area contributed by atoms with Gasteiger partial charge in [0.15, 0.2) is 0 Å². The molecule has 0 aliphatic carbocycles. The highest BCUT2D eigenvalue weighted by Gasteiger charge is 2.28. The Morgan fingerprint density at radius 1 is 0.288 bits per heavy atom. The summed E-state index contributed by atoms with van der Waals surface area (Å²) in [5.74, 6) is 0. The zero-order valence-corrected chi connectivity index (χ0v) is 35.2. The van der Waals surface area contributed by atoms with Crippen molar-refractivity contribution in [1.29, 1.82) is 0 Å². The quantitative estimate of drug-likeness (QED) is 0.188. The topological polar surface area (TPSA) is 42.7 Å². The first-order valence-electron chi connectivity index (χ1n) is 21.2. The molecule has 3 aromatic heterocycles. The maximum Gasteiger partial charge on any atom is 0.136 e. The van der Waals surface area contributed by atoms with Crippen molar-refractivity contribution in [2.45, 2.75) is 0 Å². The molecule has 0 atom stereocenters. The molecule has 0 saturated carbocycles. The minimum Gasteiger partial charge on any atom is -0.456 e. The molecule has 12 heteroatoms. The Kier molecular flexibility index (Phi) is 9.23. The summed E-state index contributed by atoms with van der Waals surface area (Å²) in [7, 11) is 57.5. The van der Waals surface area contributed by atoms with Crippen LogP contribution in [0.2, 0.25) is 0 Å². The predicted octanol–water partition coefficient (Wildman–Crippen LogP) is 6.21. The molecule has 66 heavy (non-hydrogen) atoms. The number of hydrogen-bond acceptors (Lipinski definition) is 4. The first-order chi connectivity index (χ1) is 32.1. The molecule has 12 aromatic rings. The Hall–Kier alpha value is -7.30. The van der Waals surface area contributed by atoms with Crippen molar-refractivity contribution >= 4 is 189 Å². The van der Waals surface area contributed by atoms with Crippen LogP contribution in [0.25, 0.3) is 99.2 Å². The van der Waals surface area contributed by atoms with Gasteiger partial charge in [0.05, 0.1) is 0 Å². The smallest absolute Gasteiger partial charge is 0.136 e. The molecule has 288 valence electrons. The van der Waals surface area contributed by atoms with E-state index in [1.807, 2.05) is 140 Å². The standard InChI is InChI=1S/C54H25B8NO3/c55-45-43(32-14-8-20-38-41(32)30-11-2-5-17-35(30)65-38)46(56)50(60)53(49(45)59)63(27-24-22-26(23-25-27)28-13-7-19-37-40(28)29-10-1-4-16-34(29)64-37)54-51(61)47(57)44(48(58)52(54)62)33-15-9-21-39-42(33)31-12-3-6-18-36(31)66-39/h1-25H. The lowest BCUT2D eigenvalue weighted by atomic mass is 9.62. The van der Waals surface area contributed by atoms with Crippen LogP contribution in [-0.4, -0.2) is 62.8 Å². The molecule has 0 aliphatic heterocycles. The van der Waals surface area contributed by atoms with Gasteiger partial charge in [-0.25, -0.2) is 0 Å². The van der Waals surface area contributed by atoms with Gasteiger partial charge in [-0.05, 0) is 81.9 Å². The fourth-order valence-electron chi connectivity index (χ4n) is 9.83. The van der Waals surface area contributed by atoms with Crippen LogP contribution in [0.15, 0.2) is 165 Å². The van der Waals surface area contributed by atoms with Gasteiger partial charge >= 0.3 is 0 Å². The molecule has 0 N–H and O–H groups in total. The van der Waals surface area contributed by atoms with E-state index in [-0.39, 0.29) is 55.1 Å². The molecule has 16 radical (unpaired) electrons. The van der Waals surface area contributed by atoms with Gasteiger partial charge in [-0.1, -0.05) is 147 Å². The van der Waals surface area contributed by atoms with Crippen molar-refractivity contribution in [3.8, 4) is 33.4 Å². The highest BCUT2D eigenvalue weighted by atomic mass is 16.3. The third-order valence-electron chi connectivity index (χ3n) is 12.9. The highest BCUT2D eigenvalue weighted by Crippen LogP contribution is 2.41. The predicted molar refractivity (Wildman–Crippen MR) is 282 cm³/mol. The maximum absolute atomic E-state index is 7.23. The Morgan fingerprint density at radius 3 is 0.985 bits per heavy atom. The van der Waals surface area contributed by atoms with E-state index < -0.39 is 0 Å². The summed E-state index contributed by atoms with van der Waals surface area (Å²) < 4.78 is 18.7. The Balaban J connectivity index is 1.10. The van der Waals surface area contributed by atoms with Crippen LogP contribution in [0.5, 0.6) is 0 Å². The second-order valence-corrected chi connectivity index (χ2v) is 16.5. The molecule has 9 aromatic carbocycles. The number of furan rings is 3. The Bertz CT molecular complexity index is 3760. The molecule has 0 spiro atoms. The van der Waals surface area contributed by atoms with Gasteiger partial charge < -0.3 is 18.2 Å². The normalized spacial score (nSPS) is 11.8. The maximum atomic E-state index is 7.23. The van der Waals surface area contributed by atoms with E-state index in [4.69, 9.17) is 76.0 Å². The summed E-state index contributed by atoms with van der Waals surface area (Å²) in [4.78, 5) is 1.74. The number of fused-ring (bicyclic) bond motifs is 9. The summed E-state index contributed by atoms with van der Waals surface area (Å²) in [6.07, 6.45) is 0. The van der Waals surface area contributed by atoms with E-state index in [1.165, 1.54) is 0 Å². The van der Waals surface area contributed by atoms with Crippen LogP contribution in [0, 0.1) is 0 Å². The summed E-state index contributed by atoms with van der Waals surface area (Å²) in [5.41, 5.74) is 10.8. The van der Waals surface area contributed by atoms with Gasteiger partial charge in [0.25, 0.3) is 0 Å². The van der Waals surface area contributed by atoms with Crippen LogP contribution in [0.1, 0.15) is 0 Å². The van der Waals surface area contributed by atoms with Gasteiger partial charge in [0, 0.05) is 49.4 Å². The van der Waals surface area contributed by atoms with Crippen LogP contribution in [0.4, 0.5) is 17.1 Å². The molecule has 0 unspecified atom stereocenters. The van der Waals surface area contributed by atoms with Gasteiger partial charge in [0.1, 0.15) is 96.3 Å². The minimum atomic E-state index is 0.120. The summed E-state index contributed by atoms with van der Waals surface area (Å²) >= 11 is 0. The minimum absolute atomic E-state index is 0.120. The van der Waals surface area contributed by atoms with Gasteiger partial charge in [-0.3, -0.25) is 0 Å². The molecule has 0 aliphatic rings. The summed E-state index contributed by atoms with van der Waals surface area (Å²) in [6, 6.07) is 48.7. The third kappa shape index (κ3) is 5.83. The van der Waals surface area contributed by atoms with Gasteiger partial charge in [-0.15, -0.1) is 0 Å². The SMILES string of the molecule is [B]c1c([B])c(N(c2ccc(-c3cccc4oc5ccccc5c34)cc2)c2c([B])c([B])c(-c3cccc4oc5ccccc5c34)c([B])c2[B])c([B])c([B])c1-c1cccc2oc3ccccc3c12. The molecule has 0 bridgehead atoms. The fraction of sp³-hybridized carbons (Fsp3) is 0. The van der Waals surface area contributed by atoms with E-state index >= 15 is 0 Å². The molecule has 12 rings (SSSR count). The second-order valence-electron chi connectivity index (χ2n) is 16.5. The first kappa shape index (κ1) is 40.2. The van der Waals surface area contributed by atoms with Crippen molar-refractivity contribution in [2.24, 2.45) is 0 Å². The van der Waals surface area contributed by atoms with Crippen LogP contribution >= 0.6 is 0 Å². The molecule has 0 amide bonds. The van der Waals surface area contributed by atoms with Gasteiger partial charge in [-0.2, -0.15) is 0 Å². The summed E-state index contributed by atoms with van der Waals surface area (Å²) in [6.45, 7) is 0.